The van der Waals surface area contributed by atoms with Crippen LogP contribution in [0.1, 0.15) is 41.6 Å². The second kappa shape index (κ2) is 7.36. The number of anilines is 2. The summed E-state index contributed by atoms with van der Waals surface area (Å²) in [5.41, 5.74) is 3.49. The van der Waals surface area contributed by atoms with E-state index in [1.807, 2.05) is 65.6 Å². The summed E-state index contributed by atoms with van der Waals surface area (Å²) in [6.45, 7) is 0.743. The maximum absolute atomic E-state index is 12.9. The fraction of sp³-hybridized carbons (Fsp3) is 0.280. The van der Waals surface area contributed by atoms with Crippen LogP contribution in [-0.4, -0.2) is 18.4 Å². The zero-order valence-electron chi connectivity index (χ0n) is 16.4. The normalized spacial score (nSPS) is 16.2. The Morgan fingerprint density at radius 2 is 1.69 bits per heavy atom. The molecule has 3 aromatic rings. The average molecular weight is 384 g/mol. The molecule has 4 heteroatoms. The number of carbonyl (C=O) groups is 2. The van der Waals surface area contributed by atoms with Gasteiger partial charge in [-0.2, -0.15) is 0 Å². The molecule has 0 radical (unpaired) electrons. The molecule has 0 bridgehead atoms. The van der Waals surface area contributed by atoms with Gasteiger partial charge in [0, 0.05) is 29.4 Å². The van der Waals surface area contributed by atoms with Crippen LogP contribution >= 0.6 is 0 Å². The van der Waals surface area contributed by atoms with Gasteiger partial charge in [-0.15, -0.1) is 0 Å². The standard InChI is InChI=1S/C25H24N2O2/c28-24(21-10-9-17-5-1-4-8-20(17)15-21)26-22-12-11-18-13-14-27(23(18)16-22)25(29)19-6-2-3-7-19/h1,4-5,8-12,15-16,19H,2-3,6-7,13-14H2,(H,26,28). The van der Waals surface area contributed by atoms with E-state index in [0.717, 1.165) is 60.8 Å². The zero-order valence-corrected chi connectivity index (χ0v) is 16.4. The highest BCUT2D eigenvalue weighted by molar-refractivity contribution is 6.07. The largest absolute Gasteiger partial charge is 0.322 e. The van der Waals surface area contributed by atoms with Crippen molar-refractivity contribution < 1.29 is 9.59 Å². The molecule has 1 heterocycles. The van der Waals surface area contributed by atoms with E-state index in [9.17, 15) is 9.59 Å². The second-order valence-corrected chi connectivity index (χ2v) is 8.08. The minimum atomic E-state index is -0.137. The van der Waals surface area contributed by atoms with Gasteiger partial charge in [-0.1, -0.05) is 49.2 Å². The Hall–Kier alpha value is -3.14. The monoisotopic (exact) mass is 384 g/mol. The molecule has 1 saturated carbocycles. The Morgan fingerprint density at radius 3 is 2.52 bits per heavy atom. The molecule has 2 amide bonds. The highest BCUT2D eigenvalue weighted by Gasteiger charge is 2.32. The molecule has 0 aromatic heterocycles. The SMILES string of the molecule is O=C(Nc1ccc2c(c1)N(C(=O)C1CCCC1)CC2)c1ccc2ccccc2c1. The molecule has 0 unspecified atom stereocenters. The highest BCUT2D eigenvalue weighted by atomic mass is 16.2. The summed E-state index contributed by atoms with van der Waals surface area (Å²) in [5.74, 6) is 0.276. The highest BCUT2D eigenvalue weighted by Crippen LogP contribution is 2.35. The maximum atomic E-state index is 12.9. The van der Waals surface area contributed by atoms with Gasteiger partial charge >= 0.3 is 0 Å². The van der Waals surface area contributed by atoms with Crippen LogP contribution in [0.4, 0.5) is 11.4 Å². The van der Waals surface area contributed by atoms with E-state index in [1.165, 1.54) is 5.56 Å². The van der Waals surface area contributed by atoms with E-state index in [4.69, 9.17) is 0 Å². The number of amides is 2. The fourth-order valence-corrected chi connectivity index (χ4v) is 4.61. The Kier molecular flexibility index (Phi) is 4.55. The lowest BCUT2D eigenvalue weighted by molar-refractivity contribution is -0.122. The van der Waals surface area contributed by atoms with Crippen molar-refractivity contribution in [3.63, 3.8) is 0 Å². The molecule has 5 rings (SSSR count). The Morgan fingerprint density at radius 1 is 0.897 bits per heavy atom. The third kappa shape index (κ3) is 3.39. The Bertz CT molecular complexity index is 1100. The van der Waals surface area contributed by atoms with Gasteiger partial charge in [-0.25, -0.2) is 0 Å². The number of carbonyl (C=O) groups excluding carboxylic acids is 2. The van der Waals surface area contributed by atoms with Crippen LogP contribution in [0.3, 0.4) is 0 Å². The summed E-state index contributed by atoms with van der Waals surface area (Å²) in [6.07, 6.45) is 5.19. The van der Waals surface area contributed by atoms with Gasteiger partial charge in [-0.05, 0) is 59.9 Å². The summed E-state index contributed by atoms with van der Waals surface area (Å²) in [6, 6.07) is 19.7. The third-order valence-corrected chi connectivity index (χ3v) is 6.22. The van der Waals surface area contributed by atoms with Crippen LogP contribution in [-0.2, 0) is 11.2 Å². The summed E-state index contributed by atoms with van der Waals surface area (Å²) in [7, 11) is 0. The first-order chi connectivity index (χ1) is 14.2. The summed E-state index contributed by atoms with van der Waals surface area (Å²) in [5, 5.41) is 5.16. The first-order valence-corrected chi connectivity index (χ1v) is 10.4. The quantitative estimate of drug-likeness (QED) is 0.677. The summed E-state index contributed by atoms with van der Waals surface area (Å²) < 4.78 is 0. The molecule has 2 aliphatic rings. The molecule has 146 valence electrons. The maximum Gasteiger partial charge on any atom is 0.255 e. The molecular formula is C25H24N2O2. The smallest absolute Gasteiger partial charge is 0.255 e. The van der Waals surface area contributed by atoms with Crippen molar-refractivity contribution in [3.05, 3.63) is 71.8 Å². The van der Waals surface area contributed by atoms with Gasteiger partial charge < -0.3 is 10.2 Å². The number of hydrogen-bond acceptors (Lipinski definition) is 2. The number of hydrogen-bond donors (Lipinski definition) is 1. The molecule has 0 spiro atoms. The number of fused-ring (bicyclic) bond motifs is 2. The lowest BCUT2D eigenvalue weighted by Crippen LogP contribution is -2.33. The van der Waals surface area contributed by atoms with Crippen LogP contribution in [0.15, 0.2) is 60.7 Å². The van der Waals surface area contributed by atoms with Gasteiger partial charge in [0.2, 0.25) is 5.91 Å². The Balaban J connectivity index is 1.37. The van der Waals surface area contributed by atoms with Crippen LogP contribution in [0, 0.1) is 5.92 Å². The average Bonchev–Trinajstić information content (AvgIpc) is 3.43. The minimum Gasteiger partial charge on any atom is -0.322 e. The molecule has 1 aliphatic carbocycles. The minimum absolute atomic E-state index is 0.137. The van der Waals surface area contributed by atoms with Crippen molar-refractivity contribution in [1.82, 2.24) is 0 Å². The fourth-order valence-electron chi connectivity index (χ4n) is 4.61. The van der Waals surface area contributed by atoms with E-state index in [2.05, 4.69) is 5.32 Å². The van der Waals surface area contributed by atoms with Gasteiger partial charge in [0.15, 0.2) is 0 Å². The van der Waals surface area contributed by atoms with Crippen LogP contribution in [0.25, 0.3) is 10.8 Å². The number of nitrogens with one attached hydrogen (secondary N) is 1. The van der Waals surface area contributed by atoms with Crippen LogP contribution in [0.2, 0.25) is 0 Å². The molecule has 1 aliphatic heterocycles. The van der Waals surface area contributed by atoms with Crippen molar-refractivity contribution in [1.29, 1.82) is 0 Å². The molecule has 0 saturated heterocycles. The molecule has 4 nitrogen and oxygen atoms in total. The second-order valence-electron chi connectivity index (χ2n) is 8.08. The predicted molar refractivity (Wildman–Crippen MR) is 116 cm³/mol. The van der Waals surface area contributed by atoms with Gasteiger partial charge in [0.05, 0.1) is 0 Å². The van der Waals surface area contributed by atoms with Crippen molar-refractivity contribution in [2.45, 2.75) is 32.1 Å². The van der Waals surface area contributed by atoms with Gasteiger partial charge in [0.1, 0.15) is 0 Å². The molecule has 29 heavy (non-hydrogen) atoms. The first kappa shape index (κ1) is 17.9. The van der Waals surface area contributed by atoms with Crippen molar-refractivity contribution in [2.75, 3.05) is 16.8 Å². The summed E-state index contributed by atoms with van der Waals surface area (Å²) >= 11 is 0. The number of nitrogens with zero attached hydrogens (tertiary/aromatic N) is 1. The molecule has 1 N–H and O–H groups in total. The first-order valence-electron chi connectivity index (χ1n) is 10.4. The number of rotatable bonds is 3. The van der Waals surface area contributed by atoms with Crippen molar-refractivity contribution >= 4 is 34.0 Å². The molecule has 1 fully saturated rings. The number of benzene rings is 3. The van der Waals surface area contributed by atoms with Gasteiger partial charge in [-0.3, -0.25) is 9.59 Å². The van der Waals surface area contributed by atoms with Crippen molar-refractivity contribution in [2.24, 2.45) is 5.92 Å². The predicted octanol–water partition coefficient (Wildman–Crippen LogP) is 5.17. The van der Waals surface area contributed by atoms with Crippen LogP contribution in [0.5, 0.6) is 0 Å². The van der Waals surface area contributed by atoms with Crippen LogP contribution < -0.4 is 10.2 Å². The van der Waals surface area contributed by atoms with E-state index in [1.54, 1.807) is 0 Å². The third-order valence-electron chi connectivity index (χ3n) is 6.22. The van der Waals surface area contributed by atoms with E-state index >= 15 is 0 Å². The van der Waals surface area contributed by atoms with E-state index < -0.39 is 0 Å². The van der Waals surface area contributed by atoms with E-state index in [0.29, 0.717) is 5.56 Å². The van der Waals surface area contributed by atoms with Gasteiger partial charge in [0.25, 0.3) is 5.91 Å². The van der Waals surface area contributed by atoms with Crippen molar-refractivity contribution in [3.8, 4) is 0 Å². The molecular weight excluding hydrogens is 360 g/mol. The molecule has 0 atom stereocenters. The topological polar surface area (TPSA) is 49.4 Å². The summed E-state index contributed by atoms with van der Waals surface area (Å²) in [4.78, 5) is 27.6. The lowest BCUT2D eigenvalue weighted by Gasteiger charge is -2.21. The van der Waals surface area contributed by atoms with E-state index in [-0.39, 0.29) is 17.7 Å². The Labute approximate surface area is 170 Å². The molecule has 3 aromatic carbocycles. The lowest BCUT2D eigenvalue weighted by atomic mass is 10.1. The zero-order chi connectivity index (χ0) is 19.8.